The summed E-state index contributed by atoms with van der Waals surface area (Å²) in [6.45, 7) is 4.20. The summed E-state index contributed by atoms with van der Waals surface area (Å²) in [5, 5.41) is 29.6. The van der Waals surface area contributed by atoms with Gasteiger partial charge in [-0.3, -0.25) is 9.69 Å². The molecule has 6 atom stereocenters. The summed E-state index contributed by atoms with van der Waals surface area (Å²) in [7, 11) is 0. The first kappa shape index (κ1) is 13.7. The Morgan fingerprint density at radius 1 is 1.33 bits per heavy atom. The second-order valence-electron chi connectivity index (χ2n) is 5.15. The monoisotopic (exact) mass is 259 g/mol. The maximum absolute atomic E-state index is 11.8. The molecule has 2 fully saturated rings. The molecule has 2 aliphatic heterocycles. The van der Waals surface area contributed by atoms with Crippen LogP contribution in [-0.2, 0) is 9.53 Å². The molecule has 0 aromatic rings. The van der Waals surface area contributed by atoms with Gasteiger partial charge in [0, 0.05) is 12.6 Å². The van der Waals surface area contributed by atoms with Crippen LogP contribution in [0.3, 0.4) is 0 Å². The van der Waals surface area contributed by atoms with Crippen molar-refractivity contribution in [3.63, 3.8) is 0 Å². The van der Waals surface area contributed by atoms with Crippen molar-refractivity contribution in [1.82, 2.24) is 4.90 Å². The van der Waals surface area contributed by atoms with Crippen LogP contribution in [-0.4, -0.2) is 69.7 Å². The number of ether oxygens (including phenoxy) is 1. The third kappa shape index (κ3) is 2.14. The fourth-order valence-electron chi connectivity index (χ4n) is 3.13. The third-order valence-electron chi connectivity index (χ3n) is 4.11. The second-order valence-corrected chi connectivity index (χ2v) is 5.15. The van der Waals surface area contributed by atoms with E-state index in [1.54, 1.807) is 6.92 Å². The Bertz CT molecular complexity index is 324. The van der Waals surface area contributed by atoms with Crippen LogP contribution in [0.15, 0.2) is 0 Å². The number of nitrogens with zero attached hydrogens (tertiary/aromatic N) is 1. The molecule has 0 saturated carbocycles. The molecule has 2 heterocycles. The normalized spacial score (nSPS) is 44.7. The van der Waals surface area contributed by atoms with E-state index in [9.17, 15) is 20.1 Å². The number of aliphatic hydroxyl groups is 3. The molecule has 0 bridgehead atoms. The lowest BCUT2D eigenvalue weighted by atomic mass is 9.84. The molecule has 104 valence electrons. The van der Waals surface area contributed by atoms with Crippen molar-refractivity contribution in [3.8, 4) is 0 Å². The van der Waals surface area contributed by atoms with Crippen molar-refractivity contribution in [2.75, 3.05) is 13.2 Å². The van der Waals surface area contributed by atoms with E-state index in [1.807, 2.05) is 11.8 Å². The molecule has 0 aromatic carbocycles. The van der Waals surface area contributed by atoms with Gasteiger partial charge in [0.1, 0.15) is 0 Å². The zero-order valence-corrected chi connectivity index (χ0v) is 10.7. The molecule has 2 rings (SSSR count). The molecule has 0 aromatic heterocycles. The minimum Gasteiger partial charge on any atom is -0.466 e. The average molecular weight is 259 g/mol. The highest BCUT2D eigenvalue weighted by Crippen LogP contribution is 2.35. The fourth-order valence-corrected chi connectivity index (χ4v) is 3.13. The Morgan fingerprint density at radius 3 is 2.61 bits per heavy atom. The number of rotatable bonds is 2. The first-order valence-electron chi connectivity index (χ1n) is 6.44. The van der Waals surface area contributed by atoms with E-state index >= 15 is 0 Å². The third-order valence-corrected chi connectivity index (χ3v) is 4.11. The predicted octanol–water partition coefficient (Wildman–Crippen LogP) is -1.28. The molecule has 0 aliphatic carbocycles. The average Bonchev–Trinajstić information content (AvgIpc) is 2.62. The lowest BCUT2D eigenvalue weighted by Crippen LogP contribution is -2.57. The maximum atomic E-state index is 11.8. The van der Waals surface area contributed by atoms with Gasteiger partial charge in [0.15, 0.2) is 0 Å². The fraction of sp³-hybridized carbons (Fsp3) is 0.917. The van der Waals surface area contributed by atoms with E-state index in [2.05, 4.69) is 0 Å². The molecule has 0 amide bonds. The molecule has 0 spiro atoms. The first-order valence-corrected chi connectivity index (χ1v) is 6.44. The molecule has 4 unspecified atom stereocenters. The molecule has 6 nitrogen and oxygen atoms in total. The van der Waals surface area contributed by atoms with Gasteiger partial charge in [-0.1, -0.05) is 0 Å². The van der Waals surface area contributed by atoms with Gasteiger partial charge in [-0.25, -0.2) is 0 Å². The van der Waals surface area contributed by atoms with Gasteiger partial charge in [0.2, 0.25) is 0 Å². The van der Waals surface area contributed by atoms with Crippen LogP contribution in [0.5, 0.6) is 0 Å². The van der Waals surface area contributed by atoms with E-state index in [0.29, 0.717) is 6.61 Å². The smallest absolute Gasteiger partial charge is 0.310 e. The summed E-state index contributed by atoms with van der Waals surface area (Å²) in [6, 6.07) is -0.634. The van der Waals surface area contributed by atoms with E-state index in [4.69, 9.17) is 4.74 Å². The lowest BCUT2D eigenvalue weighted by molar-refractivity contribution is -0.157. The Hall–Kier alpha value is -0.690. The summed E-state index contributed by atoms with van der Waals surface area (Å²) >= 11 is 0. The summed E-state index contributed by atoms with van der Waals surface area (Å²) in [4.78, 5) is 13.6. The lowest BCUT2D eigenvalue weighted by Gasteiger charge is -2.43. The van der Waals surface area contributed by atoms with Crippen molar-refractivity contribution < 1.29 is 24.9 Å². The zero-order chi connectivity index (χ0) is 13.4. The van der Waals surface area contributed by atoms with Gasteiger partial charge in [-0.05, 0) is 20.3 Å². The van der Waals surface area contributed by atoms with Crippen LogP contribution >= 0.6 is 0 Å². The summed E-state index contributed by atoms with van der Waals surface area (Å²) in [6.07, 6.45) is -2.37. The van der Waals surface area contributed by atoms with Crippen molar-refractivity contribution in [2.24, 2.45) is 5.92 Å². The number of aliphatic hydroxyl groups excluding tert-OH is 3. The van der Waals surface area contributed by atoms with E-state index < -0.39 is 30.3 Å². The summed E-state index contributed by atoms with van der Waals surface area (Å²) < 4.78 is 5.00. The Morgan fingerprint density at radius 2 is 2.00 bits per heavy atom. The minimum atomic E-state index is -0.953. The molecule has 2 saturated heterocycles. The van der Waals surface area contributed by atoms with Crippen LogP contribution < -0.4 is 0 Å². The highest BCUT2D eigenvalue weighted by molar-refractivity contribution is 5.73. The molecule has 0 radical (unpaired) electrons. The number of hydrogen-bond donors (Lipinski definition) is 3. The highest BCUT2D eigenvalue weighted by atomic mass is 16.5. The zero-order valence-electron chi connectivity index (χ0n) is 10.7. The number of esters is 1. The van der Waals surface area contributed by atoms with Crippen LogP contribution in [0, 0.1) is 5.92 Å². The SMILES string of the molecule is CCOC(=O)C1CC(O)[C@H]2C(O)[C@@H](O)CN2C1C. The number of fused-ring (bicyclic) bond motifs is 1. The Labute approximate surface area is 106 Å². The maximum Gasteiger partial charge on any atom is 0.310 e. The van der Waals surface area contributed by atoms with Gasteiger partial charge < -0.3 is 20.1 Å². The summed E-state index contributed by atoms with van der Waals surface area (Å²) in [5.74, 6) is -0.730. The van der Waals surface area contributed by atoms with Crippen molar-refractivity contribution in [1.29, 1.82) is 0 Å². The highest BCUT2D eigenvalue weighted by Gasteiger charge is 2.52. The molecule has 6 heteroatoms. The predicted molar refractivity (Wildman–Crippen MR) is 62.7 cm³/mol. The quantitative estimate of drug-likeness (QED) is 0.535. The largest absolute Gasteiger partial charge is 0.466 e. The van der Waals surface area contributed by atoms with Gasteiger partial charge in [0.25, 0.3) is 0 Å². The van der Waals surface area contributed by atoms with E-state index in [-0.39, 0.29) is 25.0 Å². The number of piperidine rings is 1. The molecule has 3 N–H and O–H groups in total. The number of hydrogen-bond acceptors (Lipinski definition) is 6. The topological polar surface area (TPSA) is 90.2 Å². The van der Waals surface area contributed by atoms with Crippen LogP contribution in [0.1, 0.15) is 20.3 Å². The minimum absolute atomic E-state index is 0.149. The number of carbonyl (C=O) groups excluding carboxylic acids is 1. The summed E-state index contributed by atoms with van der Waals surface area (Å²) in [5.41, 5.74) is 0. The molecular weight excluding hydrogens is 238 g/mol. The Balaban J connectivity index is 2.14. The van der Waals surface area contributed by atoms with Crippen molar-refractivity contribution in [3.05, 3.63) is 0 Å². The van der Waals surface area contributed by atoms with Crippen LogP contribution in [0.4, 0.5) is 0 Å². The molecule has 2 aliphatic rings. The number of carbonyl (C=O) groups is 1. The molecule has 18 heavy (non-hydrogen) atoms. The standard InChI is InChI=1S/C12H21NO5/c1-3-18-12(17)7-4-8(14)10-11(16)9(15)5-13(10)6(7)2/h6-11,14-16H,3-5H2,1-2H3/t6?,7?,8?,9-,10-,11?/m0/s1. The first-order chi connectivity index (χ1) is 8.47. The van der Waals surface area contributed by atoms with Crippen molar-refractivity contribution in [2.45, 2.75) is 50.7 Å². The van der Waals surface area contributed by atoms with Gasteiger partial charge >= 0.3 is 5.97 Å². The van der Waals surface area contributed by atoms with Gasteiger partial charge in [-0.2, -0.15) is 0 Å². The van der Waals surface area contributed by atoms with E-state index in [1.165, 1.54) is 0 Å². The van der Waals surface area contributed by atoms with Gasteiger partial charge in [-0.15, -0.1) is 0 Å². The Kier molecular flexibility index (Phi) is 3.91. The second kappa shape index (κ2) is 5.13. The molecular formula is C12H21NO5. The van der Waals surface area contributed by atoms with E-state index in [0.717, 1.165) is 0 Å². The van der Waals surface area contributed by atoms with Gasteiger partial charge in [0.05, 0.1) is 36.9 Å². The van der Waals surface area contributed by atoms with Crippen molar-refractivity contribution >= 4 is 5.97 Å². The van der Waals surface area contributed by atoms with Crippen LogP contribution in [0.2, 0.25) is 0 Å². The van der Waals surface area contributed by atoms with Crippen LogP contribution in [0.25, 0.3) is 0 Å².